The number of hydrogen-bond donors (Lipinski definition) is 2. The van der Waals surface area contributed by atoms with Crippen molar-refractivity contribution >= 4 is 18.3 Å². The lowest BCUT2D eigenvalue weighted by molar-refractivity contribution is 0.0756. The molecule has 1 amide bonds. The summed E-state index contributed by atoms with van der Waals surface area (Å²) >= 11 is 0. The Morgan fingerprint density at radius 2 is 1.82 bits per heavy atom. The van der Waals surface area contributed by atoms with Crippen molar-refractivity contribution in [1.29, 1.82) is 0 Å². The van der Waals surface area contributed by atoms with Crippen molar-refractivity contribution in [2.75, 3.05) is 0 Å². The number of fused-ring (bicyclic) bond motifs is 2. The van der Waals surface area contributed by atoms with Crippen molar-refractivity contribution in [1.82, 2.24) is 15.1 Å². The van der Waals surface area contributed by atoms with E-state index in [4.69, 9.17) is 5.73 Å². The van der Waals surface area contributed by atoms with E-state index in [1.165, 1.54) is 19.3 Å². The smallest absolute Gasteiger partial charge is 0.251 e. The number of carbonyl (C=O) groups excluding carboxylic acids is 1. The first kappa shape index (κ1) is 20.9. The van der Waals surface area contributed by atoms with Gasteiger partial charge in [0.15, 0.2) is 0 Å². The molecule has 2 aliphatic carbocycles. The zero-order chi connectivity index (χ0) is 19.0. The highest BCUT2D eigenvalue weighted by molar-refractivity contribution is 5.94. The molecule has 0 radical (unpaired) electrons. The Bertz CT molecular complexity index is 802. The molecular formula is C22H31ClN4O. The monoisotopic (exact) mass is 402 g/mol. The Kier molecular flexibility index (Phi) is 6.46. The van der Waals surface area contributed by atoms with Crippen molar-refractivity contribution in [3.8, 4) is 0 Å². The van der Waals surface area contributed by atoms with Crippen LogP contribution in [-0.2, 0) is 6.54 Å². The van der Waals surface area contributed by atoms with Gasteiger partial charge in [-0.05, 0) is 75.1 Å². The third-order valence-electron chi connectivity index (χ3n) is 6.33. The van der Waals surface area contributed by atoms with Crippen LogP contribution >= 0.6 is 12.4 Å². The number of benzene rings is 1. The number of amides is 1. The fourth-order valence-electron chi connectivity index (χ4n) is 5.03. The third kappa shape index (κ3) is 4.41. The zero-order valence-electron chi connectivity index (χ0n) is 16.7. The van der Waals surface area contributed by atoms with Gasteiger partial charge in [-0.3, -0.25) is 9.48 Å². The lowest BCUT2D eigenvalue weighted by atomic mass is 9.67. The summed E-state index contributed by atoms with van der Waals surface area (Å²) in [5.41, 5.74) is 10.3. The van der Waals surface area contributed by atoms with E-state index in [1.807, 2.05) is 35.9 Å². The molecule has 1 aromatic heterocycles. The van der Waals surface area contributed by atoms with Gasteiger partial charge in [-0.15, -0.1) is 12.4 Å². The molecule has 2 unspecified atom stereocenters. The van der Waals surface area contributed by atoms with Gasteiger partial charge in [-0.25, -0.2) is 0 Å². The van der Waals surface area contributed by atoms with Crippen LogP contribution in [0.15, 0.2) is 30.3 Å². The highest BCUT2D eigenvalue weighted by atomic mass is 35.5. The van der Waals surface area contributed by atoms with Gasteiger partial charge in [0.25, 0.3) is 5.91 Å². The maximum Gasteiger partial charge on any atom is 0.251 e. The average Bonchev–Trinajstić information content (AvgIpc) is 2.93. The molecule has 0 aliphatic heterocycles. The molecule has 3 N–H and O–H groups in total. The molecule has 5 nitrogen and oxygen atoms in total. The number of aromatic nitrogens is 2. The van der Waals surface area contributed by atoms with Gasteiger partial charge in [0.1, 0.15) is 0 Å². The number of nitrogens with one attached hydrogen (secondary N) is 1. The molecule has 2 fully saturated rings. The first-order chi connectivity index (χ1) is 13.0. The number of hydrogen-bond acceptors (Lipinski definition) is 3. The summed E-state index contributed by atoms with van der Waals surface area (Å²) in [4.78, 5) is 12.8. The Morgan fingerprint density at radius 1 is 1.18 bits per heavy atom. The van der Waals surface area contributed by atoms with Gasteiger partial charge in [0.05, 0.1) is 12.2 Å². The van der Waals surface area contributed by atoms with Crippen molar-refractivity contribution in [3.63, 3.8) is 0 Å². The number of rotatable bonds is 4. The van der Waals surface area contributed by atoms with Crippen LogP contribution in [0.5, 0.6) is 0 Å². The first-order valence-electron chi connectivity index (χ1n) is 10.2. The standard InChI is InChI=1S/C22H30N4O.ClH/c1-14-10-15(2)26(25-14)13-16-6-8-17(9-7-16)22(27)24-21-18-4-3-5-19(21)12-20(23)11-18;/h6-10,18-21H,3-5,11-13,23H2,1-2H3,(H,24,27);1H. The van der Waals surface area contributed by atoms with Crippen LogP contribution in [0.4, 0.5) is 0 Å². The molecule has 2 aliphatic rings. The lowest BCUT2D eigenvalue weighted by Crippen LogP contribution is -2.53. The van der Waals surface area contributed by atoms with Crippen LogP contribution < -0.4 is 11.1 Å². The Morgan fingerprint density at radius 3 is 2.39 bits per heavy atom. The molecule has 2 aromatic rings. The SMILES string of the molecule is Cc1cc(C)n(Cc2ccc(C(=O)NC3C4CCCC3CC(N)C4)cc2)n1.Cl. The molecule has 1 heterocycles. The molecule has 1 aromatic carbocycles. The molecule has 2 atom stereocenters. The Labute approximate surface area is 173 Å². The maximum atomic E-state index is 12.8. The minimum Gasteiger partial charge on any atom is -0.349 e. The summed E-state index contributed by atoms with van der Waals surface area (Å²) in [5, 5.41) is 7.83. The van der Waals surface area contributed by atoms with Crippen molar-refractivity contribution in [2.24, 2.45) is 17.6 Å². The molecular weight excluding hydrogens is 372 g/mol. The van der Waals surface area contributed by atoms with Crippen LogP contribution in [0.25, 0.3) is 0 Å². The normalized spacial score (nSPS) is 26.4. The van der Waals surface area contributed by atoms with Gasteiger partial charge < -0.3 is 11.1 Å². The number of nitrogens with two attached hydrogens (primary N) is 1. The van der Waals surface area contributed by atoms with Gasteiger partial charge in [0, 0.05) is 23.3 Å². The van der Waals surface area contributed by atoms with Gasteiger partial charge >= 0.3 is 0 Å². The predicted molar refractivity (Wildman–Crippen MR) is 114 cm³/mol. The molecule has 6 heteroatoms. The summed E-state index contributed by atoms with van der Waals surface area (Å²) in [6.45, 7) is 4.80. The van der Waals surface area contributed by atoms with Crippen molar-refractivity contribution in [3.05, 3.63) is 52.8 Å². The molecule has 4 rings (SSSR count). The quantitative estimate of drug-likeness (QED) is 0.820. The van der Waals surface area contributed by atoms with Crippen LogP contribution in [-0.4, -0.2) is 27.8 Å². The molecule has 152 valence electrons. The van der Waals surface area contributed by atoms with Crippen molar-refractivity contribution < 1.29 is 4.79 Å². The van der Waals surface area contributed by atoms with E-state index in [0.717, 1.165) is 41.9 Å². The van der Waals surface area contributed by atoms with Crippen LogP contribution in [0, 0.1) is 25.7 Å². The second-order valence-electron chi connectivity index (χ2n) is 8.46. The highest BCUT2D eigenvalue weighted by Gasteiger charge is 2.39. The van der Waals surface area contributed by atoms with E-state index >= 15 is 0 Å². The maximum absolute atomic E-state index is 12.8. The second-order valence-corrected chi connectivity index (χ2v) is 8.46. The minimum absolute atomic E-state index is 0. The van der Waals surface area contributed by atoms with E-state index in [-0.39, 0.29) is 18.3 Å². The van der Waals surface area contributed by atoms with E-state index in [9.17, 15) is 4.79 Å². The predicted octanol–water partition coefficient (Wildman–Crippen LogP) is 3.61. The molecule has 2 saturated carbocycles. The van der Waals surface area contributed by atoms with Crippen LogP contribution in [0.3, 0.4) is 0 Å². The third-order valence-corrected chi connectivity index (χ3v) is 6.33. The van der Waals surface area contributed by atoms with Crippen LogP contribution in [0.2, 0.25) is 0 Å². The summed E-state index contributed by atoms with van der Waals surface area (Å²) in [5.74, 6) is 1.13. The Balaban J connectivity index is 0.00000225. The highest BCUT2D eigenvalue weighted by Crippen LogP contribution is 2.39. The summed E-state index contributed by atoms with van der Waals surface area (Å²) < 4.78 is 2.00. The number of nitrogens with zero attached hydrogens (tertiary/aromatic N) is 2. The fraction of sp³-hybridized carbons (Fsp3) is 0.545. The minimum atomic E-state index is 0. The number of aryl methyl sites for hydroxylation is 2. The van der Waals surface area contributed by atoms with Crippen LogP contribution in [0.1, 0.15) is 59.4 Å². The van der Waals surface area contributed by atoms with Gasteiger partial charge in [-0.1, -0.05) is 18.6 Å². The molecule has 28 heavy (non-hydrogen) atoms. The molecule has 2 bridgehead atoms. The summed E-state index contributed by atoms with van der Waals surface area (Å²) in [7, 11) is 0. The first-order valence-corrected chi connectivity index (χ1v) is 10.2. The topological polar surface area (TPSA) is 72.9 Å². The van der Waals surface area contributed by atoms with Crippen molar-refractivity contribution in [2.45, 2.75) is 64.6 Å². The Hall–Kier alpha value is -1.85. The summed E-state index contributed by atoms with van der Waals surface area (Å²) in [6, 6.07) is 10.6. The number of halogens is 1. The van der Waals surface area contributed by atoms with E-state index in [1.54, 1.807) is 0 Å². The summed E-state index contributed by atoms with van der Waals surface area (Å²) in [6.07, 6.45) is 5.74. The van der Waals surface area contributed by atoms with E-state index in [0.29, 0.717) is 23.9 Å². The molecule has 0 spiro atoms. The number of carbonyl (C=O) groups is 1. The zero-order valence-corrected chi connectivity index (χ0v) is 17.5. The molecule has 0 saturated heterocycles. The average molecular weight is 403 g/mol. The second kappa shape index (κ2) is 8.66. The van der Waals surface area contributed by atoms with Gasteiger partial charge in [-0.2, -0.15) is 5.10 Å². The van der Waals surface area contributed by atoms with Gasteiger partial charge in [0.2, 0.25) is 0 Å². The van der Waals surface area contributed by atoms with E-state index in [2.05, 4.69) is 23.4 Å². The largest absolute Gasteiger partial charge is 0.349 e. The fourth-order valence-corrected chi connectivity index (χ4v) is 5.03. The lowest BCUT2D eigenvalue weighted by Gasteiger charge is -2.45. The van der Waals surface area contributed by atoms with E-state index < -0.39 is 0 Å².